The van der Waals surface area contributed by atoms with E-state index in [-0.39, 0.29) is 23.5 Å². The Morgan fingerprint density at radius 2 is 1.78 bits per heavy atom. The molecule has 0 unspecified atom stereocenters. The van der Waals surface area contributed by atoms with Crippen LogP contribution in [0.3, 0.4) is 0 Å². The Balaban J connectivity index is 1.31. The molecule has 3 N–H and O–H groups in total. The van der Waals surface area contributed by atoms with E-state index in [1.807, 2.05) is 49.4 Å². The maximum Gasteiger partial charge on any atom is 0.323 e. The Kier molecular flexibility index (Phi) is 8.43. The fourth-order valence-electron chi connectivity index (χ4n) is 3.58. The normalized spacial score (nSPS) is 13.0. The van der Waals surface area contributed by atoms with Gasteiger partial charge in [0.15, 0.2) is 5.11 Å². The van der Waals surface area contributed by atoms with Crippen molar-refractivity contribution in [3.8, 4) is 11.5 Å². The lowest BCUT2D eigenvalue weighted by molar-refractivity contribution is -0.119. The monoisotopic (exact) mass is 505 g/mol. The predicted molar refractivity (Wildman–Crippen MR) is 141 cm³/mol. The molecule has 9 nitrogen and oxygen atoms in total. The highest BCUT2D eigenvalue weighted by molar-refractivity contribution is 7.80. The number of rotatable bonds is 6. The molecular weight excluding hydrogens is 478 g/mol. The molecule has 0 atom stereocenters. The van der Waals surface area contributed by atoms with Gasteiger partial charge in [-0.25, -0.2) is 9.78 Å². The van der Waals surface area contributed by atoms with Crippen LogP contribution < -0.4 is 20.7 Å². The number of nitrogens with one attached hydrogen (secondary N) is 3. The van der Waals surface area contributed by atoms with E-state index in [1.54, 1.807) is 29.3 Å². The van der Waals surface area contributed by atoms with Crippen molar-refractivity contribution in [1.29, 1.82) is 0 Å². The van der Waals surface area contributed by atoms with E-state index in [0.29, 0.717) is 43.6 Å². The number of anilines is 2. The second-order valence-corrected chi connectivity index (χ2v) is 8.56. The number of aromatic nitrogens is 1. The van der Waals surface area contributed by atoms with Crippen LogP contribution in [0.15, 0.2) is 66.9 Å². The first-order valence-electron chi connectivity index (χ1n) is 11.5. The van der Waals surface area contributed by atoms with Crippen LogP contribution >= 0.6 is 12.2 Å². The zero-order chi connectivity index (χ0) is 25.3. The maximum atomic E-state index is 12.4. The van der Waals surface area contributed by atoms with Crippen LogP contribution in [0.5, 0.6) is 11.5 Å². The molecule has 1 aliphatic rings. The summed E-state index contributed by atoms with van der Waals surface area (Å²) in [4.78, 5) is 30.5. The minimum absolute atomic E-state index is 0.189. The van der Waals surface area contributed by atoms with E-state index in [9.17, 15) is 9.59 Å². The van der Waals surface area contributed by atoms with Gasteiger partial charge >= 0.3 is 6.03 Å². The van der Waals surface area contributed by atoms with E-state index in [4.69, 9.17) is 21.7 Å². The number of thiocarbonyl (C=S) groups is 1. The first-order chi connectivity index (χ1) is 17.5. The SMILES string of the molecule is Cc1cc(Oc2ccnc(NC(=O)N3CCOCC3)c2)ccc1NC(=S)NC(=O)Cc1ccccc1. The molecule has 0 bridgehead atoms. The standard InChI is InChI=1S/C26H27N5O4S/c1-18-15-20(7-8-22(18)28-25(36)30-24(32)16-19-5-3-2-4-6-19)35-21-9-10-27-23(17-21)29-26(33)31-11-13-34-14-12-31/h2-10,15,17H,11-14,16H2,1H3,(H,27,29,33)(H2,28,30,32,36). The Morgan fingerprint density at radius 1 is 1.03 bits per heavy atom. The lowest BCUT2D eigenvalue weighted by atomic mass is 10.1. The number of benzene rings is 2. The van der Waals surface area contributed by atoms with Gasteiger partial charge in [0.1, 0.15) is 17.3 Å². The Morgan fingerprint density at radius 3 is 2.53 bits per heavy atom. The van der Waals surface area contributed by atoms with Crippen LogP contribution in [0.1, 0.15) is 11.1 Å². The number of pyridine rings is 1. The van der Waals surface area contributed by atoms with Gasteiger partial charge in [0.05, 0.1) is 19.6 Å². The summed E-state index contributed by atoms with van der Waals surface area (Å²) >= 11 is 5.30. The summed E-state index contributed by atoms with van der Waals surface area (Å²) in [5, 5.41) is 8.77. The van der Waals surface area contributed by atoms with Crippen molar-refractivity contribution in [2.45, 2.75) is 13.3 Å². The summed E-state index contributed by atoms with van der Waals surface area (Å²) in [6, 6.07) is 18.1. The average molecular weight is 506 g/mol. The molecule has 36 heavy (non-hydrogen) atoms. The fourth-order valence-corrected chi connectivity index (χ4v) is 3.80. The zero-order valence-electron chi connectivity index (χ0n) is 19.8. The van der Waals surface area contributed by atoms with Crippen LogP contribution in [0, 0.1) is 6.92 Å². The van der Waals surface area contributed by atoms with Crippen LogP contribution in [0.25, 0.3) is 0 Å². The van der Waals surface area contributed by atoms with Gasteiger partial charge < -0.3 is 25.0 Å². The highest BCUT2D eigenvalue weighted by Crippen LogP contribution is 2.27. The number of morpholine rings is 1. The van der Waals surface area contributed by atoms with Crippen molar-refractivity contribution in [1.82, 2.24) is 15.2 Å². The van der Waals surface area contributed by atoms with Gasteiger partial charge in [0.25, 0.3) is 0 Å². The summed E-state index contributed by atoms with van der Waals surface area (Å²) in [5.41, 5.74) is 2.54. The summed E-state index contributed by atoms with van der Waals surface area (Å²) < 4.78 is 11.2. The van der Waals surface area contributed by atoms with E-state index < -0.39 is 0 Å². The molecule has 1 aliphatic heterocycles. The van der Waals surface area contributed by atoms with Crippen molar-refractivity contribution in [2.24, 2.45) is 0 Å². The van der Waals surface area contributed by atoms with Crippen molar-refractivity contribution >= 4 is 40.8 Å². The lowest BCUT2D eigenvalue weighted by Gasteiger charge is -2.26. The summed E-state index contributed by atoms with van der Waals surface area (Å²) in [6.07, 6.45) is 1.82. The van der Waals surface area contributed by atoms with Gasteiger partial charge in [0.2, 0.25) is 5.91 Å². The van der Waals surface area contributed by atoms with Crippen LogP contribution in [-0.4, -0.2) is 53.2 Å². The van der Waals surface area contributed by atoms with E-state index in [1.165, 1.54) is 0 Å². The lowest BCUT2D eigenvalue weighted by Crippen LogP contribution is -2.43. The molecule has 4 rings (SSSR count). The Bertz CT molecular complexity index is 1230. The molecule has 1 aromatic heterocycles. The minimum Gasteiger partial charge on any atom is -0.457 e. The molecular formula is C26H27N5O4S. The largest absolute Gasteiger partial charge is 0.457 e. The Labute approximate surface area is 214 Å². The number of urea groups is 1. The van der Waals surface area contributed by atoms with Crippen molar-refractivity contribution in [3.63, 3.8) is 0 Å². The van der Waals surface area contributed by atoms with Gasteiger partial charge in [-0.05, 0) is 54.5 Å². The highest BCUT2D eigenvalue weighted by atomic mass is 32.1. The van der Waals surface area contributed by atoms with Crippen LogP contribution in [0.4, 0.5) is 16.3 Å². The van der Waals surface area contributed by atoms with Crippen LogP contribution in [0.2, 0.25) is 0 Å². The van der Waals surface area contributed by atoms with Gasteiger partial charge in [-0.15, -0.1) is 0 Å². The maximum absolute atomic E-state index is 12.4. The van der Waals surface area contributed by atoms with E-state index in [2.05, 4.69) is 20.9 Å². The molecule has 3 aromatic rings. The smallest absolute Gasteiger partial charge is 0.323 e. The number of aryl methyl sites for hydroxylation is 1. The topological polar surface area (TPSA) is 105 Å². The molecule has 0 spiro atoms. The number of hydrogen-bond acceptors (Lipinski definition) is 6. The fraction of sp³-hybridized carbons (Fsp3) is 0.231. The average Bonchev–Trinajstić information content (AvgIpc) is 2.87. The second-order valence-electron chi connectivity index (χ2n) is 8.15. The van der Waals surface area contributed by atoms with Crippen LogP contribution in [-0.2, 0) is 16.0 Å². The first-order valence-corrected chi connectivity index (χ1v) is 11.9. The van der Waals surface area contributed by atoms with Crippen molar-refractivity contribution < 1.29 is 19.1 Å². The summed E-state index contributed by atoms with van der Waals surface area (Å²) in [5.74, 6) is 1.35. The number of nitrogens with zero attached hydrogens (tertiary/aromatic N) is 2. The number of carbonyl (C=O) groups excluding carboxylic acids is 2. The predicted octanol–water partition coefficient (Wildman–Crippen LogP) is 4.10. The number of carbonyl (C=O) groups is 2. The van der Waals surface area contributed by atoms with E-state index >= 15 is 0 Å². The molecule has 1 fully saturated rings. The molecule has 2 heterocycles. The van der Waals surface area contributed by atoms with Gasteiger partial charge in [0, 0.05) is 31.0 Å². The molecule has 0 radical (unpaired) electrons. The van der Waals surface area contributed by atoms with Crippen molar-refractivity contribution in [3.05, 3.63) is 78.0 Å². The highest BCUT2D eigenvalue weighted by Gasteiger charge is 2.17. The first kappa shape index (κ1) is 25.1. The van der Waals surface area contributed by atoms with Gasteiger partial charge in [-0.3, -0.25) is 10.1 Å². The third-order valence-electron chi connectivity index (χ3n) is 5.41. The molecule has 1 saturated heterocycles. The summed E-state index contributed by atoms with van der Waals surface area (Å²) in [6.45, 7) is 4.05. The number of amides is 3. The second kappa shape index (κ2) is 12.1. The van der Waals surface area contributed by atoms with Gasteiger partial charge in [-0.2, -0.15) is 0 Å². The van der Waals surface area contributed by atoms with Gasteiger partial charge in [-0.1, -0.05) is 30.3 Å². The zero-order valence-corrected chi connectivity index (χ0v) is 20.6. The number of ether oxygens (including phenoxy) is 2. The third-order valence-corrected chi connectivity index (χ3v) is 5.61. The Hall–Kier alpha value is -4.02. The molecule has 2 aromatic carbocycles. The molecule has 3 amide bonds. The third kappa shape index (κ3) is 7.24. The summed E-state index contributed by atoms with van der Waals surface area (Å²) in [7, 11) is 0. The molecule has 0 aliphatic carbocycles. The van der Waals surface area contributed by atoms with E-state index in [0.717, 1.165) is 16.8 Å². The quantitative estimate of drug-likeness (QED) is 0.433. The number of hydrogen-bond donors (Lipinski definition) is 3. The molecule has 0 saturated carbocycles. The van der Waals surface area contributed by atoms with Crippen molar-refractivity contribution in [2.75, 3.05) is 36.9 Å². The molecule has 10 heteroatoms. The molecule has 186 valence electrons. The minimum atomic E-state index is -0.221.